The predicted molar refractivity (Wildman–Crippen MR) is 119 cm³/mol. The summed E-state index contributed by atoms with van der Waals surface area (Å²) in [6.07, 6.45) is 0. The summed E-state index contributed by atoms with van der Waals surface area (Å²) in [5, 5.41) is 2.84. The minimum atomic E-state index is -0.300. The van der Waals surface area contributed by atoms with E-state index in [0.29, 0.717) is 75.0 Å². The van der Waals surface area contributed by atoms with Crippen molar-refractivity contribution in [3.63, 3.8) is 0 Å². The van der Waals surface area contributed by atoms with Crippen molar-refractivity contribution in [3.8, 4) is 0 Å². The number of nitrogens with one attached hydrogen (secondary N) is 1. The molecule has 0 atom stereocenters. The molecule has 32 heavy (non-hydrogen) atoms. The monoisotopic (exact) mass is 437 g/mol. The fourth-order valence-corrected chi connectivity index (χ4v) is 3.75. The van der Waals surface area contributed by atoms with Crippen LogP contribution in [0.15, 0.2) is 42.5 Å². The van der Waals surface area contributed by atoms with Crippen molar-refractivity contribution >= 4 is 23.4 Å². The van der Waals surface area contributed by atoms with Gasteiger partial charge in [0.25, 0.3) is 17.7 Å². The Hall–Kier alpha value is -3.23. The lowest BCUT2D eigenvalue weighted by Gasteiger charge is -2.28. The number of benzene rings is 2. The van der Waals surface area contributed by atoms with Crippen LogP contribution in [-0.4, -0.2) is 80.1 Å². The summed E-state index contributed by atoms with van der Waals surface area (Å²) in [7, 11) is 0. The average molecular weight is 437 g/mol. The van der Waals surface area contributed by atoms with Crippen molar-refractivity contribution in [1.29, 1.82) is 0 Å². The third-order valence-electron chi connectivity index (χ3n) is 5.60. The maximum atomic E-state index is 13.1. The van der Waals surface area contributed by atoms with Crippen LogP contribution in [0.25, 0.3) is 0 Å². The standard InChI is InChI=1S/C24H27N3O5/c1-17-2-4-18(5-3-17)22(28)25-21-15-19(23(29)26-6-10-31-11-7-26)14-20(16-21)24(30)27-8-12-32-13-9-27/h2-5,14-16H,6-13H2,1H3,(H,25,28). The van der Waals surface area contributed by atoms with E-state index in [1.54, 1.807) is 40.1 Å². The second-order valence-corrected chi connectivity index (χ2v) is 7.93. The van der Waals surface area contributed by atoms with E-state index in [1.807, 2.05) is 19.1 Å². The van der Waals surface area contributed by atoms with Crippen LogP contribution < -0.4 is 5.32 Å². The molecule has 168 valence electrons. The Morgan fingerprint density at radius 1 is 0.719 bits per heavy atom. The van der Waals surface area contributed by atoms with Gasteiger partial charge in [0.2, 0.25) is 0 Å². The molecule has 2 fully saturated rings. The molecule has 2 saturated heterocycles. The van der Waals surface area contributed by atoms with E-state index in [1.165, 1.54) is 0 Å². The number of hydrogen-bond donors (Lipinski definition) is 1. The van der Waals surface area contributed by atoms with Crippen molar-refractivity contribution in [2.24, 2.45) is 0 Å². The first-order valence-corrected chi connectivity index (χ1v) is 10.8. The van der Waals surface area contributed by atoms with Gasteiger partial charge in [0.15, 0.2) is 0 Å². The van der Waals surface area contributed by atoms with Gasteiger partial charge in [-0.15, -0.1) is 0 Å². The lowest BCUT2D eigenvalue weighted by Crippen LogP contribution is -2.41. The Kier molecular flexibility index (Phi) is 6.82. The van der Waals surface area contributed by atoms with Gasteiger partial charge in [0.05, 0.1) is 26.4 Å². The second-order valence-electron chi connectivity index (χ2n) is 7.93. The summed E-state index contributed by atoms with van der Waals surface area (Å²) >= 11 is 0. The quantitative estimate of drug-likeness (QED) is 0.792. The number of ether oxygens (including phenoxy) is 2. The first kappa shape index (κ1) is 22.0. The van der Waals surface area contributed by atoms with Crippen LogP contribution in [-0.2, 0) is 9.47 Å². The highest BCUT2D eigenvalue weighted by atomic mass is 16.5. The van der Waals surface area contributed by atoms with Gasteiger partial charge in [-0.1, -0.05) is 17.7 Å². The number of aryl methyl sites for hydroxylation is 1. The number of amides is 3. The zero-order chi connectivity index (χ0) is 22.5. The highest BCUT2D eigenvalue weighted by molar-refractivity contribution is 6.07. The van der Waals surface area contributed by atoms with Gasteiger partial charge in [-0.2, -0.15) is 0 Å². The summed E-state index contributed by atoms with van der Waals surface area (Å²) in [5.41, 5.74) is 2.70. The van der Waals surface area contributed by atoms with Crippen LogP contribution in [0.2, 0.25) is 0 Å². The van der Waals surface area contributed by atoms with E-state index in [2.05, 4.69) is 5.32 Å². The number of hydrogen-bond acceptors (Lipinski definition) is 5. The number of nitrogens with zero attached hydrogens (tertiary/aromatic N) is 2. The van der Waals surface area contributed by atoms with Gasteiger partial charge < -0.3 is 24.6 Å². The van der Waals surface area contributed by atoms with E-state index in [9.17, 15) is 14.4 Å². The summed E-state index contributed by atoms with van der Waals surface area (Å²) in [6, 6.07) is 12.1. The third kappa shape index (κ3) is 5.15. The Morgan fingerprint density at radius 2 is 1.19 bits per heavy atom. The van der Waals surface area contributed by atoms with E-state index in [4.69, 9.17) is 9.47 Å². The predicted octanol–water partition coefficient (Wildman–Crippen LogP) is 2.19. The summed E-state index contributed by atoms with van der Waals surface area (Å²) in [4.78, 5) is 42.4. The Labute approximate surface area is 187 Å². The molecule has 4 rings (SSSR count). The van der Waals surface area contributed by atoms with Gasteiger partial charge in [0, 0.05) is 48.6 Å². The molecule has 8 nitrogen and oxygen atoms in total. The molecule has 0 aliphatic carbocycles. The molecule has 0 aromatic heterocycles. The number of carbonyl (C=O) groups excluding carboxylic acids is 3. The molecule has 8 heteroatoms. The second kappa shape index (κ2) is 9.93. The van der Waals surface area contributed by atoms with Gasteiger partial charge in [-0.05, 0) is 37.3 Å². The molecule has 0 spiro atoms. The number of anilines is 1. The molecule has 2 aromatic carbocycles. The fraction of sp³-hybridized carbons (Fsp3) is 0.375. The summed E-state index contributed by atoms with van der Waals surface area (Å²) in [5.74, 6) is -0.669. The molecule has 0 unspecified atom stereocenters. The molecular formula is C24H27N3O5. The zero-order valence-electron chi connectivity index (χ0n) is 18.1. The van der Waals surface area contributed by atoms with Crippen molar-refractivity contribution < 1.29 is 23.9 Å². The highest BCUT2D eigenvalue weighted by Gasteiger charge is 2.24. The molecule has 2 aromatic rings. The van der Waals surface area contributed by atoms with E-state index >= 15 is 0 Å². The number of carbonyl (C=O) groups is 3. The molecule has 0 bridgehead atoms. The van der Waals surface area contributed by atoms with Crippen molar-refractivity contribution in [1.82, 2.24) is 9.80 Å². The lowest BCUT2D eigenvalue weighted by atomic mass is 10.1. The first-order valence-electron chi connectivity index (χ1n) is 10.8. The van der Waals surface area contributed by atoms with Crippen molar-refractivity contribution in [3.05, 3.63) is 64.7 Å². The third-order valence-corrected chi connectivity index (χ3v) is 5.60. The minimum absolute atomic E-state index is 0.184. The molecular weight excluding hydrogens is 410 g/mol. The smallest absolute Gasteiger partial charge is 0.255 e. The van der Waals surface area contributed by atoms with Gasteiger partial charge in [-0.25, -0.2) is 0 Å². The Balaban J connectivity index is 1.63. The topological polar surface area (TPSA) is 88.2 Å². The van der Waals surface area contributed by atoms with Crippen LogP contribution in [0, 0.1) is 6.92 Å². The van der Waals surface area contributed by atoms with E-state index in [0.717, 1.165) is 5.56 Å². The Bertz CT molecular complexity index is 945. The zero-order valence-corrected chi connectivity index (χ0v) is 18.1. The van der Waals surface area contributed by atoms with Crippen LogP contribution >= 0.6 is 0 Å². The van der Waals surface area contributed by atoms with Gasteiger partial charge >= 0.3 is 0 Å². The molecule has 0 saturated carbocycles. The first-order chi connectivity index (χ1) is 15.5. The van der Waals surface area contributed by atoms with Crippen LogP contribution in [0.5, 0.6) is 0 Å². The normalized spacial score (nSPS) is 16.5. The largest absolute Gasteiger partial charge is 0.378 e. The lowest BCUT2D eigenvalue weighted by molar-refractivity contribution is 0.0298. The molecule has 2 aliphatic rings. The molecule has 2 heterocycles. The molecule has 2 aliphatic heterocycles. The van der Waals surface area contributed by atoms with E-state index < -0.39 is 0 Å². The summed E-state index contributed by atoms with van der Waals surface area (Å²) < 4.78 is 10.7. The van der Waals surface area contributed by atoms with Crippen LogP contribution in [0.1, 0.15) is 36.6 Å². The molecule has 1 N–H and O–H groups in total. The van der Waals surface area contributed by atoms with Crippen LogP contribution in [0.3, 0.4) is 0 Å². The SMILES string of the molecule is Cc1ccc(C(=O)Nc2cc(C(=O)N3CCOCC3)cc(C(=O)N3CCOCC3)c2)cc1. The highest BCUT2D eigenvalue weighted by Crippen LogP contribution is 2.20. The van der Waals surface area contributed by atoms with Crippen molar-refractivity contribution in [2.75, 3.05) is 57.9 Å². The van der Waals surface area contributed by atoms with Gasteiger partial charge in [-0.3, -0.25) is 14.4 Å². The summed E-state index contributed by atoms with van der Waals surface area (Å²) in [6.45, 7) is 5.84. The Morgan fingerprint density at radius 3 is 1.66 bits per heavy atom. The average Bonchev–Trinajstić information content (AvgIpc) is 2.84. The van der Waals surface area contributed by atoms with E-state index in [-0.39, 0.29) is 17.7 Å². The number of rotatable bonds is 4. The minimum Gasteiger partial charge on any atom is -0.378 e. The maximum Gasteiger partial charge on any atom is 0.255 e. The van der Waals surface area contributed by atoms with Gasteiger partial charge in [0.1, 0.15) is 0 Å². The van der Waals surface area contributed by atoms with Crippen molar-refractivity contribution in [2.45, 2.75) is 6.92 Å². The molecule has 0 radical (unpaired) electrons. The fourth-order valence-electron chi connectivity index (χ4n) is 3.75. The van der Waals surface area contributed by atoms with Crippen LogP contribution in [0.4, 0.5) is 5.69 Å². The molecule has 3 amide bonds. The maximum absolute atomic E-state index is 13.1. The number of morpholine rings is 2.